The number of nitrogens with zero attached hydrogens (tertiary/aromatic N) is 1. The zero-order valence-corrected chi connectivity index (χ0v) is 10.5. The molecule has 0 N–H and O–H groups in total. The Kier molecular flexibility index (Phi) is 3.88. The molecule has 18 heavy (non-hydrogen) atoms. The molecule has 3 nitrogen and oxygen atoms in total. The van der Waals surface area contributed by atoms with Gasteiger partial charge < -0.3 is 9.29 Å². The minimum absolute atomic E-state index is 0.362. The lowest BCUT2D eigenvalue weighted by atomic mass is 10.2. The SMILES string of the molecule is COc1ccc([S+]([O-])c2cc[c]cc2)c(C#N)c1. The van der Waals surface area contributed by atoms with Gasteiger partial charge in [-0.1, -0.05) is 0 Å². The normalized spacial score (nSPS) is 11.6. The quantitative estimate of drug-likeness (QED) is 0.793. The maximum atomic E-state index is 12.3. The molecule has 0 aliphatic rings. The second-order valence-electron chi connectivity index (χ2n) is 3.48. The molecule has 0 aliphatic heterocycles. The van der Waals surface area contributed by atoms with E-state index in [0.29, 0.717) is 21.1 Å². The average Bonchev–Trinajstić information content (AvgIpc) is 2.46. The van der Waals surface area contributed by atoms with Crippen molar-refractivity contribution in [3.8, 4) is 11.8 Å². The summed E-state index contributed by atoms with van der Waals surface area (Å²) in [7, 11) is 1.53. The Morgan fingerprint density at radius 2 is 2.00 bits per heavy atom. The van der Waals surface area contributed by atoms with Crippen LogP contribution in [0.1, 0.15) is 5.56 Å². The molecule has 0 amide bonds. The largest absolute Gasteiger partial charge is 0.606 e. The summed E-state index contributed by atoms with van der Waals surface area (Å²) in [6.45, 7) is 0. The number of methoxy groups -OCH3 is 1. The van der Waals surface area contributed by atoms with Crippen molar-refractivity contribution < 1.29 is 9.29 Å². The van der Waals surface area contributed by atoms with Gasteiger partial charge in [0, 0.05) is 17.2 Å². The van der Waals surface area contributed by atoms with E-state index in [1.165, 1.54) is 7.11 Å². The second kappa shape index (κ2) is 5.58. The van der Waals surface area contributed by atoms with Crippen LogP contribution in [0.5, 0.6) is 5.75 Å². The summed E-state index contributed by atoms with van der Waals surface area (Å²) < 4.78 is 17.4. The molecule has 0 saturated heterocycles. The summed E-state index contributed by atoms with van der Waals surface area (Å²) in [6, 6.07) is 16.7. The first kappa shape index (κ1) is 12.5. The predicted octanol–water partition coefficient (Wildman–Crippen LogP) is 2.53. The third-order valence-corrected chi connectivity index (χ3v) is 3.86. The van der Waals surface area contributed by atoms with Gasteiger partial charge in [0.1, 0.15) is 17.4 Å². The van der Waals surface area contributed by atoms with Gasteiger partial charge in [0.05, 0.1) is 7.11 Å². The molecule has 1 atom stereocenters. The van der Waals surface area contributed by atoms with E-state index in [0.717, 1.165) is 0 Å². The van der Waals surface area contributed by atoms with Crippen molar-refractivity contribution in [3.63, 3.8) is 0 Å². The molecule has 0 fully saturated rings. The van der Waals surface area contributed by atoms with Crippen LogP contribution in [0.4, 0.5) is 0 Å². The van der Waals surface area contributed by atoms with E-state index in [1.54, 1.807) is 42.5 Å². The van der Waals surface area contributed by atoms with Crippen molar-refractivity contribution >= 4 is 11.2 Å². The Labute approximate surface area is 109 Å². The molecule has 0 aliphatic carbocycles. The van der Waals surface area contributed by atoms with E-state index in [-0.39, 0.29) is 0 Å². The van der Waals surface area contributed by atoms with E-state index in [1.807, 2.05) is 6.07 Å². The maximum absolute atomic E-state index is 12.3. The van der Waals surface area contributed by atoms with Gasteiger partial charge in [0.25, 0.3) is 0 Å². The third kappa shape index (κ3) is 2.48. The molecular formula is C14H10NO2S. The molecule has 0 saturated carbocycles. The summed E-state index contributed by atoms with van der Waals surface area (Å²) in [5.41, 5.74) is 0.362. The molecule has 0 heterocycles. The van der Waals surface area contributed by atoms with Gasteiger partial charge in [-0.15, -0.1) is 0 Å². The summed E-state index contributed by atoms with van der Waals surface area (Å²) >= 11 is -1.37. The smallest absolute Gasteiger partial charge is 0.176 e. The van der Waals surface area contributed by atoms with Crippen LogP contribution >= 0.6 is 0 Å². The van der Waals surface area contributed by atoms with E-state index in [9.17, 15) is 4.55 Å². The molecule has 1 radical (unpaired) electrons. The highest BCUT2D eigenvalue weighted by Crippen LogP contribution is 2.26. The van der Waals surface area contributed by atoms with Crippen molar-refractivity contribution in [1.82, 2.24) is 0 Å². The van der Waals surface area contributed by atoms with E-state index in [2.05, 4.69) is 6.07 Å². The molecule has 1 unspecified atom stereocenters. The molecule has 89 valence electrons. The van der Waals surface area contributed by atoms with Crippen LogP contribution in [-0.2, 0) is 11.2 Å². The van der Waals surface area contributed by atoms with Gasteiger partial charge in [0.15, 0.2) is 9.79 Å². The van der Waals surface area contributed by atoms with Crippen molar-refractivity contribution in [1.29, 1.82) is 5.26 Å². The van der Waals surface area contributed by atoms with Gasteiger partial charge in [-0.2, -0.15) is 5.26 Å². The number of hydrogen-bond acceptors (Lipinski definition) is 3. The highest BCUT2D eigenvalue weighted by Gasteiger charge is 2.19. The van der Waals surface area contributed by atoms with E-state index < -0.39 is 11.2 Å². The Morgan fingerprint density at radius 1 is 1.28 bits per heavy atom. The van der Waals surface area contributed by atoms with Crippen molar-refractivity contribution in [2.75, 3.05) is 7.11 Å². The van der Waals surface area contributed by atoms with Crippen LogP contribution < -0.4 is 4.74 Å². The first-order valence-electron chi connectivity index (χ1n) is 5.22. The first-order valence-corrected chi connectivity index (χ1v) is 6.37. The molecule has 0 aromatic heterocycles. The van der Waals surface area contributed by atoms with Crippen LogP contribution in [-0.4, -0.2) is 11.7 Å². The predicted molar refractivity (Wildman–Crippen MR) is 67.7 cm³/mol. The van der Waals surface area contributed by atoms with Crippen LogP contribution in [0.3, 0.4) is 0 Å². The molecule has 2 rings (SSSR count). The van der Waals surface area contributed by atoms with Crippen LogP contribution in [0.15, 0.2) is 52.3 Å². The van der Waals surface area contributed by atoms with Crippen molar-refractivity contribution in [3.05, 3.63) is 54.1 Å². The highest BCUT2D eigenvalue weighted by molar-refractivity contribution is 7.91. The van der Waals surface area contributed by atoms with E-state index in [4.69, 9.17) is 10.00 Å². The van der Waals surface area contributed by atoms with Gasteiger partial charge in [-0.3, -0.25) is 0 Å². The Balaban J connectivity index is 2.43. The summed E-state index contributed by atoms with van der Waals surface area (Å²) in [6.07, 6.45) is 0. The number of nitriles is 1. The van der Waals surface area contributed by atoms with Gasteiger partial charge in [-0.05, 0) is 42.5 Å². The van der Waals surface area contributed by atoms with Crippen LogP contribution in [0.25, 0.3) is 0 Å². The maximum Gasteiger partial charge on any atom is 0.176 e. The minimum atomic E-state index is -1.37. The zero-order valence-electron chi connectivity index (χ0n) is 9.71. The summed E-state index contributed by atoms with van der Waals surface area (Å²) in [5, 5.41) is 9.09. The fourth-order valence-electron chi connectivity index (χ4n) is 1.51. The summed E-state index contributed by atoms with van der Waals surface area (Å²) in [4.78, 5) is 1.14. The van der Waals surface area contributed by atoms with Crippen molar-refractivity contribution in [2.45, 2.75) is 9.79 Å². The number of benzene rings is 2. The Hall–Kier alpha value is -1.96. The lowest BCUT2D eigenvalue weighted by Crippen LogP contribution is -2.04. The Morgan fingerprint density at radius 3 is 2.61 bits per heavy atom. The molecule has 4 heteroatoms. The monoisotopic (exact) mass is 256 g/mol. The first-order chi connectivity index (χ1) is 8.76. The minimum Gasteiger partial charge on any atom is -0.606 e. The molecular weight excluding hydrogens is 246 g/mol. The summed E-state index contributed by atoms with van der Waals surface area (Å²) in [5.74, 6) is 0.577. The fraction of sp³-hybridized carbons (Fsp3) is 0.0714. The van der Waals surface area contributed by atoms with Gasteiger partial charge in [-0.25, -0.2) is 0 Å². The number of hydrogen-bond donors (Lipinski definition) is 0. The lowest BCUT2D eigenvalue weighted by Gasteiger charge is -2.11. The fourth-order valence-corrected chi connectivity index (χ4v) is 2.64. The molecule has 2 aromatic rings. The van der Waals surface area contributed by atoms with Gasteiger partial charge >= 0.3 is 0 Å². The lowest BCUT2D eigenvalue weighted by molar-refractivity contribution is 0.414. The number of ether oxygens (including phenoxy) is 1. The Bertz CT molecular complexity index is 578. The topological polar surface area (TPSA) is 56.1 Å². The van der Waals surface area contributed by atoms with E-state index >= 15 is 0 Å². The highest BCUT2D eigenvalue weighted by atomic mass is 32.2. The standard InChI is InChI=1S/C14H10NO2S/c1-17-12-7-8-14(11(9-12)10-15)18(16)13-5-3-2-4-6-13/h3-9H,1H3. The van der Waals surface area contributed by atoms with Crippen LogP contribution in [0.2, 0.25) is 0 Å². The molecule has 2 aromatic carbocycles. The van der Waals surface area contributed by atoms with Crippen molar-refractivity contribution in [2.24, 2.45) is 0 Å². The molecule has 0 bridgehead atoms. The third-order valence-electron chi connectivity index (χ3n) is 2.41. The average molecular weight is 256 g/mol. The van der Waals surface area contributed by atoms with Gasteiger partial charge in [0.2, 0.25) is 0 Å². The zero-order chi connectivity index (χ0) is 13.0. The molecule has 0 spiro atoms. The van der Waals surface area contributed by atoms with Crippen LogP contribution in [0, 0.1) is 17.4 Å². The number of rotatable bonds is 3. The second-order valence-corrected chi connectivity index (χ2v) is 4.93.